The summed E-state index contributed by atoms with van der Waals surface area (Å²) in [7, 11) is 0. The van der Waals surface area contributed by atoms with E-state index in [-0.39, 0.29) is 0 Å². The minimum Gasteiger partial charge on any atom is -0.372 e. The summed E-state index contributed by atoms with van der Waals surface area (Å²) in [5.74, 6) is 0. The van der Waals surface area contributed by atoms with E-state index in [0.717, 1.165) is 45.6 Å². The van der Waals surface area contributed by atoms with Crippen LogP contribution in [0.1, 0.15) is 12.0 Å². The first-order chi connectivity index (χ1) is 20.7. The van der Waals surface area contributed by atoms with Crippen LogP contribution >= 0.6 is 0 Å². The van der Waals surface area contributed by atoms with Crippen LogP contribution in [-0.2, 0) is 5.54 Å². The summed E-state index contributed by atoms with van der Waals surface area (Å²) >= 11 is 0. The van der Waals surface area contributed by atoms with Crippen LogP contribution in [-0.4, -0.2) is 16.4 Å². The number of nitrogens with zero attached hydrogens (tertiary/aromatic N) is 2. The lowest BCUT2D eigenvalue weighted by atomic mass is 9.82. The van der Waals surface area contributed by atoms with Crippen molar-refractivity contribution in [2.24, 2.45) is 9.98 Å². The zero-order valence-corrected chi connectivity index (χ0v) is 22.8. The molecule has 0 saturated heterocycles. The largest absolute Gasteiger partial charge is 0.372 e. The Morgan fingerprint density at radius 3 is 2.17 bits per heavy atom. The van der Waals surface area contributed by atoms with Crippen molar-refractivity contribution in [3.63, 3.8) is 0 Å². The topological polar surface area (TPSA) is 52.5 Å². The van der Waals surface area contributed by atoms with Crippen molar-refractivity contribution in [3.8, 4) is 0 Å². The highest BCUT2D eigenvalue weighted by Gasteiger charge is 2.36. The third-order valence-electron chi connectivity index (χ3n) is 8.62. The van der Waals surface area contributed by atoms with Crippen molar-refractivity contribution in [1.82, 2.24) is 10.3 Å². The molecule has 9 rings (SSSR count). The van der Waals surface area contributed by atoms with Crippen LogP contribution in [0.15, 0.2) is 148 Å². The van der Waals surface area contributed by atoms with Crippen LogP contribution in [0.25, 0.3) is 44.5 Å². The van der Waals surface area contributed by atoms with Gasteiger partial charge in [0.1, 0.15) is 0 Å². The van der Waals surface area contributed by atoms with Crippen molar-refractivity contribution in [3.05, 3.63) is 155 Å². The molecule has 4 nitrogen and oxygen atoms in total. The van der Waals surface area contributed by atoms with Crippen LogP contribution < -0.4 is 16.0 Å². The van der Waals surface area contributed by atoms with Crippen LogP contribution in [0.5, 0.6) is 0 Å². The molecule has 1 unspecified atom stereocenters. The third kappa shape index (κ3) is 3.76. The van der Waals surface area contributed by atoms with Crippen LogP contribution in [0.3, 0.4) is 0 Å². The lowest BCUT2D eigenvalue weighted by molar-refractivity contribution is 0.508. The zero-order valence-electron chi connectivity index (χ0n) is 22.8. The zero-order chi connectivity index (χ0) is 27.7. The highest BCUT2D eigenvalue weighted by molar-refractivity contribution is 6.20. The highest BCUT2D eigenvalue weighted by Crippen LogP contribution is 2.42. The van der Waals surface area contributed by atoms with Gasteiger partial charge in [-0.1, -0.05) is 60.7 Å². The number of rotatable bonds is 1. The van der Waals surface area contributed by atoms with Crippen LogP contribution in [0, 0.1) is 0 Å². The lowest BCUT2D eigenvalue weighted by Gasteiger charge is -2.30. The van der Waals surface area contributed by atoms with Gasteiger partial charge in [-0.2, -0.15) is 0 Å². The average Bonchev–Trinajstić information content (AvgIpc) is 3.82. The molecule has 0 saturated carbocycles. The predicted octanol–water partition coefficient (Wildman–Crippen LogP) is 6.61. The number of H-pyrrole nitrogens is 1. The molecule has 8 bridgehead atoms. The maximum Gasteiger partial charge on any atom is 0.0874 e. The van der Waals surface area contributed by atoms with Gasteiger partial charge in [0.25, 0.3) is 0 Å². The monoisotopic (exact) mass is 538 g/mol. The Morgan fingerprint density at radius 1 is 0.619 bits per heavy atom. The van der Waals surface area contributed by atoms with E-state index in [2.05, 4.69) is 144 Å². The van der Waals surface area contributed by atoms with E-state index in [4.69, 9.17) is 9.98 Å². The molecule has 4 aromatic carbocycles. The first-order valence-electron chi connectivity index (χ1n) is 14.4. The van der Waals surface area contributed by atoms with Gasteiger partial charge in [0, 0.05) is 16.4 Å². The van der Waals surface area contributed by atoms with Crippen LogP contribution in [0.4, 0.5) is 0 Å². The molecule has 0 amide bonds. The van der Waals surface area contributed by atoms with Gasteiger partial charge in [-0.25, -0.2) is 9.98 Å². The van der Waals surface area contributed by atoms with Gasteiger partial charge < -0.3 is 10.3 Å². The van der Waals surface area contributed by atoms with Gasteiger partial charge in [-0.15, -0.1) is 0 Å². The first kappa shape index (κ1) is 23.2. The summed E-state index contributed by atoms with van der Waals surface area (Å²) in [5.41, 5.74) is 5.56. The molecule has 1 aromatic heterocycles. The standard InChI is InChI=1S/C38H26N4/c1-2-5-26-19-35-27(18-25(26)4-1)9-8-24-6-3-7-36(37(24)35)38-17-16-33(42-38)22-32-13-12-29(40-32)20-28-10-11-30(39-28)21-31-14-15-34(23-38)41-31/h1-16,18-23,39,42H,17H2/b28-20-,30-21-,32-22-,34-23-. The number of nitrogens with one attached hydrogen (secondary N) is 2. The van der Waals surface area contributed by atoms with Gasteiger partial charge in [-0.05, 0) is 117 Å². The highest BCUT2D eigenvalue weighted by atomic mass is 15.0. The molecule has 0 fully saturated rings. The Labute approximate surface area is 242 Å². The number of allylic oxidation sites excluding steroid dienone is 5. The summed E-state index contributed by atoms with van der Waals surface area (Å²) in [6, 6.07) is 28.6. The number of fused-ring (bicyclic) bond motifs is 10. The third-order valence-corrected chi connectivity index (χ3v) is 8.62. The lowest BCUT2D eigenvalue weighted by Crippen LogP contribution is -2.36. The smallest absolute Gasteiger partial charge is 0.0874 e. The van der Waals surface area contributed by atoms with E-state index in [1.54, 1.807) is 0 Å². The molecule has 4 heteroatoms. The second-order valence-corrected chi connectivity index (χ2v) is 11.4. The molecule has 0 spiro atoms. The van der Waals surface area contributed by atoms with Crippen molar-refractivity contribution < 1.29 is 0 Å². The Bertz CT molecular complexity index is 2350. The fourth-order valence-electron chi connectivity index (χ4n) is 6.69. The second-order valence-electron chi connectivity index (χ2n) is 11.4. The van der Waals surface area contributed by atoms with Crippen molar-refractivity contribution in [2.75, 3.05) is 0 Å². The van der Waals surface area contributed by atoms with Gasteiger partial charge in [-0.3, -0.25) is 0 Å². The Morgan fingerprint density at radius 2 is 1.33 bits per heavy atom. The minimum absolute atomic E-state index is 0.484. The summed E-state index contributed by atoms with van der Waals surface area (Å²) in [6.45, 7) is 0. The number of hydrogen-bond acceptors (Lipinski definition) is 3. The summed E-state index contributed by atoms with van der Waals surface area (Å²) in [5, 5.41) is 13.5. The quantitative estimate of drug-likeness (QED) is 0.183. The molecule has 0 radical (unpaired) electrons. The van der Waals surface area contributed by atoms with E-state index in [9.17, 15) is 0 Å². The van der Waals surface area contributed by atoms with E-state index in [1.807, 2.05) is 0 Å². The molecule has 5 aromatic rings. The molecule has 1 atom stereocenters. The number of aromatic amines is 1. The van der Waals surface area contributed by atoms with E-state index < -0.39 is 5.54 Å². The van der Waals surface area contributed by atoms with Gasteiger partial charge in [0.15, 0.2) is 0 Å². The van der Waals surface area contributed by atoms with Crippen LogP contribution in [0.2, 0.25) is 0 Å². The van der Waals surface area contributed by atoms with Gasteiger partial charge >= 0.3 is 0 Å². The average molecular weight is 539 g/mol. The molecule has 4 aliphatic rings. The van der Waals surface area contributed by atoms with E-state index >= 15 is 0 Å². The summed E-state index contributed by atoms with van der Waals surface area (Å²) in [4.78, 5) is 13.4. The fourth-order valence-corrected chi connectivity index (χ4v) is 6.69. The first-order valence-corrected chi connectivity index (χ1v) is 14.4. The predicted molar refractivity (Wildman–Crippen MR) is 175 cm³/mol. The summed E-state index contributed by atoms with van der Waals surface area (Å²) < 4.78 is 0. The van der Waals surface area contributed by atoms with E-state index in [1.165, 1.54) is 37.9 Å². The summed E-state index contributed by atoms with van der Waals surface area (Å²) in [6.07, 6.45) is 20.1. The van der Waals surface area contributed by atoms with E-state index in [0.29, 0.717) is 0 Å². The molecule has 0 aliphatic carbocycles. The second kappa shape index (κ2) is 8.76. The Hall–Kier alpha value is -5.48. The molecular formula is C38H26N4. The van der Waals surface area contributed by atoms with Crippen molar-refractivity contribution >= 4 is 55.9 Å². The van der Waals surface area contributed by atoms with Crippen molar-refractivity contribution in [2.45, 2.75) is 12.0 Å². The molecule has 5 heterocycles. The molecule has 2 N–H and O–H groups in total. The fraction of sp³-hybridized carbons (Fsp3) is 0.0526. The molecule has 4 aliphatic heterocycles. The molecule has 42 heavy (non-hydrogen) atoms. The number of hydrogen-bond donors (Lipinski definition) is 2. The maximum absolute atomic E-state index is 5.03. The maximum atomic E-state index is 5.03. The Balaban J connectivity index is 1.30. The SMILES string of the molecule is C1=C/C2=C/C3=CCC(c4cccc5ccc6cc7ccccc7cc6c45)(/C=C4/C=CC(=N4)/C=c4/cc/c([nH]4)=C/C1=N2)N3. The van der Waals surface area contributed by atoms with Crippen molar-refractivity contribution in [1.29, 1.82) is 0 Å². The van der Waals surface area contributed by atoms with Gasteiger partial charge in [0.05, 0.1) is 28.4 Å². The Kier molecular flexibility index (Phi) is 4.85. The number of benzene rings is 4. The molecule has 198 valence electrons. The number of aromatic nitrogens is 1. The normalized spacial score (nSPS) is 24.6. The molecular weight excluding hydrogens is 512 g/mol. The van der Waals surface area contributed by atoms with Gasteiger partial charge in [0.2, 0.25) is 0 Å². The number of aliphatic imine (C=N–C) groups is 2. The minimum atomic E-state index is -0.484.